The lowest BCUT2D eigenvalue weighted by Gasteiger charge is -2.17. The van der Waals surface area contributed by atoms with Crippen LogP contribution in [0.1, 0.15) is 58.3 Å². The number of carbonyl (C=O) groups is 1. The summed E-state index contributed by atoms with van der Waals surface area (Å²) in [5.74, 6) is 0.849. The van der Waals surface area contributed by atoms with Crippen LogP contribution in [-0.2, 0) is 9.53 Å². The largest absolute Gasteiger partial charge is 0.490 e. The molecule has 0 amide bonds. The van der Waals surface area contributed by atoms with Gasteiger partial charge in [-0.2, -0.15) is 9.78 Å². The molecule has 2 aromatic carbocycles. The highest BCUT2D eigenvalue weighted by Crippen LogP contribution is 2.42. The highest BCUT2D eigenvalue weighted by atomic mass is 79.9. The van der Waals surface area contributed by atoms with Crippen LogP contribution in [0.2, 0.25) is 0 Å². The van der Waals surface area contributed by atoms with Crippen LogP contribution >= 0.6 is 47.8 Å². The summed E-state index contributed by atoms with van der Waals surface area (Å²) in [6, 6.07) is 7.15. The summed E-state index contributed by atoms with van der Waals surface area (Å²) in [6.45, 7) is 9.53. The van der Waals surface area contributed by atoms with E-state index >= 15 is 0 Å². The van der Waals surface area contributed by atoms with Gasteiger partial charge in [0.1, 0.15) is 5.82 Å². The molecule has 0 radical (unpaired) electrons. The van der Waals surface area contributed by atoms with Crippen molar-refractivity contribution in [3.8, 4) is 11.5 Å². The lowest BCUT2D eigenvalue weighted by Crippen LogP contribution is -2.23. The molecular formula is C26H28Br3N3O5. The summed E-state index contributed by atoms with van der Waals surface area (Å²) in [5, 5.41) is 5.01. The van der Waals surface area contributed by atoms with E-state index in [1.807, 2.05) is 32.9 Å². The van der Waals surface area contributed by atoms with Crippen molar-refractivity contribution >= 4 is 70.9 Å². The fourth-order valence-electron chi connectivity index (χ4n) is 3.42. The van der Waals surface area contributed by atoms with E-state index in [1.165, 1.54) is 4.68 Å². The van der Waals surface area contributed by atoms with E-state index in [2.05, 4.69) is 52.9 Å². The topological polar surface area (TPSA) is 92.0 Å². The van der Waals surface area contributed by atoms with Gasteiger partial charge in [0.2, 0.25) is 0 Å². The van der Waals surface area contributed by atoms with Crippen molar-refractivity contribution < 1.29 is 19.0 Å². The van der Waals surface area contributed by atoms with Crippen molar-refractivity contribution in [3.05, 3.63) is 59.4 Å². The van der Waals surface area contributed by atoms with Gasteiger partial charge in [0.25, 0.3) is 5.56 Å². The summed E-state index contributed by atoms with van der Waals surface area (Å²) in [4.78, 5) is 30.2. The zero-order valence-corrected chi connectivity index (χ0v) is 25.9. The first-order chi connectivity index (χ1) is 17.6. The maximum Gasteiger partial charge on any atom is 0.344 e. The van der Waals surface area contributed by atoms with Crippen LogP contribution in [0.25, 0.3) is 10.9 Å². The molecule has 11 heteroatoms. The zero-order chi connectivity index (χ0) is 27.3. The van der Waals surface area contributed by atoms with Gasteiger partial charge >= 0.3 is 5.97 Å². The van der Waals surface area contributed by atoms with Crippen LogP contribution in [0.4, 0.5) is 0 Å². The summed E-state index contributed by atoms with van der Waals surface area (Å²) in [7, 11) is 0. The normalized spacial score (nSPS) is 12.4. The van der Waals surface area contributed by atoms with Crippen molar-refractivity contribution in [1.82, 2.24) is 9.66 Å². The van der Waals surface area contributed by atoms with Gasteiger partial charge < -0.3 is 14.2 Å². The van der Waals surface area contributed by atoms with Crippen LogP contribution < -0.4 is 15.0 Å². The fraction of sp³-hybridized carbons (Fsp3) is 0.385. The third-order valence-corrected chi connectivity index (χ3v) is 7.99. The molecule has 8 nitrogen and oxygen atoms in total. The number of esters is 1. The van der Waals surface area contributed by atoms with E-state index in [0.29, 0.717) is 49.3 Å². The number of fused-ring (bicyclic) bond motifs is 1. The number of halogens is 3. The van der Waals surface area contributed by atoms with Crippen molar-refractivity contribution in [2.45, 2.75) is 53.1 Å². The van der Waals surface area contributed by atoms with E-state index in [9.17, 15) is 9.59 Å². The first-order valence-electron chi connectivity index (χ1n) is 11.8. The Hall–Kier alpha value is -2.24. The number of hydrogen-bond donors (Lipinski definition) is 0. The first kappa shape index (κ1) is 29.3. The molecule has 1 aromatic heterocycles. The maximum atomic E-state index is 13.4. The summed E-state index contributed by atoms with van der Waals surface area (Å²) >= 11 is 10.5. The molecule has 0 aliphatic heterocycles. The van der Waals surface area contributed by atoms with Crippen LogP contribution in [0.5, 0.6) is 11.5 Å². The SMILES string of the molecule is CCOc1cc(C=Nn2c([C@H](C)CC)nc3ccc(Br)cc3c2=O)c(Br)c(Br)c1OCC(=O)OC(C)C. The molecule has 0 N–H and O–H groups in total. The molecule has 0 bridgehead atoms. The molecule has 0 saturated carbocycles. The van der Waals surface area contributed by atoms with E-state index in [1.54, 1.807) is 32.2 Å². The molecular weight excluding hydrogens is 674 g/mol. The molecule has 0 unspecified atom stereocenters. The van der Waals surface area contributed by atoms with Gasteiger partial charge in [-0.05, 0) is 83.3 Å². The Morgan fingerprint density at radius 1 is 1.11 bits per heavy atom. The predicted octanol–water partition coefficient (Wildman–Crippen LogP) is 6.81. The molecule has 0 saturated heterocycles. The van der Waals surface area contributed by atoms with Crippen molar-refractivity contribution in [2.75, 3.05) is 13.2 Å². The van der Waals surface area contributed by atoms with Crippen molar-refractivity contribution in [1.29, 1.82) is 0 Å². The Morgan fingerprint density at radius 2 is 1.84 bits per heavy atom. The third kappa shape index (κ3) is 7.00. The highest BCUT2D eigenvalue weighted by molar-refractivity contribution is 9.13. The van der Waals surface area contributed by atoms with Gasteiger partial charge in [-0.3, -0.25) is 4.79 Å². The maximum absolute atomic E-state index is 13.4. The summed E-state index contributed by atoms with van der Waals surface area (Å²) in [5.41, 5.74) is 0.987. The quantitative estimate of drug-likeness (QED) is 0.171. The molecule has 0 aliphatic carbocycles. The molecule has 3 rings (SSSR count). The minimum atomic E-state index is -0.488. The number of benzene rings is 2. The number of ether oxygens (including phenoxy) is 3. The smallest absolute Gasteiger partial charge is 0.344 e. The van der Waals surface area contributed by atoms with Crippen molar-refractivity contribution in [3.63, 3.8) is 0 Å². The Balaban J connectivity index is 2.07. The average Bonchev–Trinajstić information content (AvgIpc) is 2.85. The van der Waals surface area contributed by atoms with Crippen LogP contribution in [0.3, 0.4) is 0 Å². The monoisotopic (exact) mass is 699 g/mol. The van der Waals surface area contributed by atoms with Gasteiger partial charge in [-0.15, -0.1) is 0 Å². The molecule has 1 atom stereocenters. The van der Waals surface area contributed by atoms with E-state index in [4.69, 9.17) is 19.2 Å². The molecule has 37 heavy (non-hydrogen) atoms. The highest BCUT2D eigenvalue weighted by Gasteiger charge is 2.20. The molecule has 0 fully saturated rings. The van der Waals surface area contributed by atoms with Gasteiger partial charge in [-0.25, -0.2) is 9.78 Å². The molecule has 1 heterocycles. The number of carbonyl (C=O) groups excluding carboxylic acids is 1. The van der Waals surface area contributed by atoms with Gasteiger partial charge in [0.05, 0.1) is 34.3 Å². The van der Waals surface area contributed by atoms with Crippen LogP contribution in [-0.4, -0.2) is 41.2 Å². The first-order valence-corrected chi connectivity index (χ1v) is 14.2. The molecule has 0 spiro atoms. The lowest BCUT2D eigenvalue weighted by atomic mass is 10.1. The predicted molar refractivity (Wildman–Crippen MR) is 155 cm³/mol. The second-order valence-corrected chi connectivity index (χ2v) is 11.0. The van der Waals surface area contributed by atoms with Crippen molar-refractivity contribution in [2.24, 2.45) is 5.10 Å². The molecule has 198 valence electrons. The number of rotatable bonds is 10. The Kier molecular flexibility index (Phi) is 10.3. The summed E-state index contributed by atoms with van der Waals surface area (Å²) < 4.78 is 19.9. The minimum Gasteiger partial charge on any atom is -0.490 e. The third-order valence-electron chi connectivity index (χ3n) is 5.36. The Labute approximate surface area is 240 Å². The van der Waals surface area contributed by atoms with Gasteiger partial charge in [0.15, 0.2) is 18.1 Å². The Bertz CT molecular complexity index is 1390. The Morgan fingerprint density at radius 3 is 2.49 bits per heavy atom. The second-order valence-electron chi connectivity index (χ2n) is 8.48. The standard InChI is InChI=1S/C26H28Br3N3O5/c1-6-15(5)25-31-19-9-8-17(27)11-18(19)26(34)32(25)30-12-16-10-20(35-7-2)24(23(29)22(16)28)36-13-21(33)37-14(3)4/h8-12,14-15H,6-7,13H2,1-5H3/t15-/m1/s1. The fourth-order valence-corrected chi connectivity index (χ4v) is 4.72. The average molecular weight is 702 g/mol. The lowest BCUT2D eigenvalue weighted by molar-refractivity contribution is -0.149. The number of aromatic nitrogens is 2. The number of nitrogens with zero attached hydrogens (tertiary/aromatic N) is 3. The molecule has 0 aliphatic rings. The van der Waals surface area contributed by atoms with E-state index < -0.39 is 5.97 Å². The second kappa shape index (κ2) is 13.0. The van der Waals surface area contributed by atoms with Crippen LogP contribution in [0, 0.1) is 0 Å². The van der Waals surface area contributed by atoms with E-state index in [0.717, 1.165) is 10.9 Å². The molecule has 3 aromatic rings. The van der Waals surface area contributed by atoms with Crippen LogP contribution in [0.15, 0.2) is 47.6 Å². The minimum absolute atomic E-state index is 0.00781. The van der Waals surface area contributed by atoms with Gasteiger partial charge in [-0.1, -0.05) is 29.8 Å². The van der Waals surface area contributed by atoms with Gasteiger partial charge in [0, 0.05) is 20.4 Å². The van der Waals surface area contributed by atoms with E-state index in [-0.39, 0.29) is 24.2 Å². The number of hydrogen-bond acceptors (Lipinski definition) is 7. The zero-order valence-electron chi connectivity index (χ0n) is 21.2. The summed E-state index contributed by atoms with van der Waals surface area (Å²) in [6.07, 6.45) is 2.11.